The van der Waals surface area contributed by atoms with E-state index in [0.717, 1.165) is 5.56 Å². The lowest BCUT2D eigenvalue weighted by Gasteiger charge is -2.46. The lowest BCUT2D eigenvalue weighted by molar-refractivity contribution is -0.284. The Kier molecular flexibility index (Phi) is 7.62. The number of hydrogen-bond donors (Lipinski definition) is 3. The molecule has 4 atom stereocenters. The van der Waals surface area contributed by atoms with Gasteiger partial charge in [-0.2, -0.15) is 0 Å². The molecular weight excluding hydrogens is 429 g/mol. The van der Waals surface area contributed by atoms with Crippen molar-refractivity contribution in [3.63, 3.8) is 0 Å². The van der Waals surface area contributed by atoms with Gasteiger partial charge in [0.05, 0.1) is 18.8 Å². The number of rotatable bonds is 7. The molecule has 1 fully saturated rings. The quantitative estimate of drug-likeness (QED) is 0.587. The van der Waals surface area contributed by atoms with E-state index in [0.29, 0.717) is 35.6 Å². The van der Waals surface area contributed by atoms with Crippen LogP contribution in [-0.4, -0.2) is 53.9 Å². The average Bonchev–Trinajstić information content (AvgIpc) is 2.76. The second-order valence-electron chi connectivity index (χ2n) is 8.87. The van der Waals surface area contributed by atoms with Crippen molar-refractivity contribution in [2.75, 3.05) is 13.7 Å². The maximum atomic E-state index is 14.0. The highest BCUT2D eigenvalue weighted by Crippen LogP contribution is 2.39. The van der Waals surface area contributed by atoms with E-state index >= 15 is 0 Å². The summed E-state index contributed by atoms with van der Waals surface area (Å²) < 4.78 is 31.5. The normalized spacial score (nSPS) is 24.2. The number of methoxy groups -OCH3 is 1. The third-order valence-corrected chi connectivity index (χ3v) is 6.20. The van der Waals surface area contributed by atoms with E-state index in [1.165, 1.54) is 26.2 Å². The molecule has 2 aromatic rings. The van der Waals surface area contributed by atoms with E-state index in [-0.39, 0.29) is 11.8 Å². The van der Waals surface area contributed by atoms with Gasteiger partial charge in [-0.3, -0.25) is 4.79 Å². The van der Waals surface area contributed by atoms with E-state index in [1.54, 1.807) is 31.2 Å². The van der Waals surface area contributed by atoms with Crippen molar-refractivity contribution in [2.24, 2.45) is 5.92 Å². The SMILES string of the molecule is COc1cc(OC2OC(C)(C)[C@H](C)[C@@H](O)[C@H]2O)cc(-c2cccc(F)c2)c1CCNC(C)=O. The zero-order valence-corrected chi connectivity index (χ0v) is 19.6. The number of hydrogen-bond acceptors (Lipinski definition) is 6. The summed E-state index contributed by atoms with van der Waals surface area (Å²) in [5.74, 6) is -0.0389. The zero-order chi connectivity index (χ0) is 24.3. The zero-order valence-electron chi connectivity index (χ0n) is 19.6. The third-order valence-electron chi connectivity index (χ3n) is 6.20. The van der Waals surface area contributed by atoms with Gasteiger partial charge in [0.2, 0.25) is 12.2 Å². The summed E-state index contributed by atoms with van der Waals surface area (Å²) >= 11 is 0. The summed E-state index contributed by atoms with van der Waals surface area (Å²) in [5.41, 5.74) is 1.31. The van der Waals surface area contributed by atoms with Crippen LogP contribution in [0.2, 0.25) is 0 Å². The number of amides is 1. The van der Waals surface area contributed by atoms with Gasteiger partial charge in [-0.25, -0.2) is 4.39 Å². The van der Waals surface area contributed by atoms with Gasteiger partial charge < -0.3 is 29.7 Å². The molecular formula is C25H32FNO6. The van der Waals surface area contributed by atoms with Gasteiger partial charge in [-0.05, 0) is 49.6 Å². The molecule has 0 saturated carbocycles. The number of benzene rings is 2. The fraction of sp³-hybridized carbons (Fsp3) is 0.480. The number of nitrogens with one attached hydrogen (secondary N) is 1. The molecule has 3 N–H and O–H groups in total. The molecule has 0 radical (unpaired) electrons. The van der Waals surface area contributed by atoms with Gasteiger partial charge >= 0.3 is 0 Å². The highest BCUT2D eigenvalue weighted by Gasteiger charge is 2.47. The summed E-state index contributed by atoms with van der Waals surface area (Å²) in [4.78, 5) is 11.3. The Balaban J connectivity index is 2.01. The molecule has 2 aromatic carbocycles. The minimum atomic E-state index is -1.25. The van der Waals surface area contributed by atoms with Gasteiger partial charge in [0.25, 0.3) is 0 Å². The Morgan fingerprint density at radius 1 is 1.21 bits per heavy atom. The predicted molar refractivity (Wildman–Crippen MR) is 122 cm³/mol. The van der Waals surface area contributed by atoms with Crippen LogP contribution in [0.4, 0.5) is 4.39 Å². The van der Waals surface area contributed by atoms with Gasteiger partial charge in [0.1, 0.15) is 23.4 Å². The first-order valence-electron chi connectivity index (χ1n) is 11.0. The second kappa shape index (κ2) is 10.1. The molecule has 1 heterocycles. The Morgan fingerprint density at radius 2 is 1.94 bits per heavy atom. The first-order valence-corrected chi connectivity index (χ1v) is 11.0. The Bertz CT molecular complexity index is 995. The van der Waals surface area contributed by atoms with E-state index < -0.39 is 29.9 Å². The average molecular weight is 462 g/mol. The van der Waals surface area contributed by atoms with E-state index in [4.69, 9.17) is 14.2 Å². The summed E-state index contributed by atoms with van der Waals surface area (Å²) in [6, 6.07) is 9.50. The van der Waals surface area contributed by atoms with Crippen LogP contribution in [0.15, 0.2) is 36.4 Å². The summed E-state index contributed by atoms with van der Waals surface area (Å²) in [7, 11) is 1.51. The standard InChI is InChI=1S/C25H32FNO6/c1-14-22(29)23(30)24(33-25(14,3)4)32-18-12-20(16-7-6-8-17(26)11-16)19(21(13-18)31-5)9-10-27-15(2)28/h6-8,11-14,22-24,29-30H,9-10H2,1-5H3,(H,27,28)/t14-,22-,23-,24?/m1/s1. The minimum absolute atomic E-state index is 0.153. The fourth-order valence-electron chi connectivity index (χ4n) is 3.98. The Morgan fingerprint density at radius 3 is 2.58 bits per heavy atom. The van der Waals surface area contributed by atoms with Gasteiger partial charge in [0.15, 0.2) is 0 Å². The third kappa shape index (κ3) is 5.63. The number of aliphatic hydroxyl groups is 2. The van der Waals surface area contributed by atoms with Crippen molar-refractivity contribution in [3.05, 3.63) is 47.8 Å². The lowest BCUT2D eigenvalue weighted by atomic mass is 9.82. The molecule has 3 rings (SSSR count). The van der Waals surface area contributed by atoms with Crippen LogP contribution in [0.3, 0.4) is 0 Å². The van der Waals surface area contributed by atoms with Crippen LogP contribution in [0.25, 0.3) is 11.1 Å². The topological polar surface area (TPSA) is 97.2 Å². The molecule has 1 unspecified atom stereocenters. The molecule has 1 aliphatic rings. The molecule has 1 amide bonds. The minimum Gasteiger partial charge on any atom is -0.496 e. The molecule has 0 aliphatic carbocycles. The van der Waals surface area contributed by atoms with Crippen molar-refractivity contribution in [1.29, 1.82) is 0 Å². The number of ether oxygens (including phenoxy) is 3. The number of carbonyl (C=O) groups is 1. The van der Waals surface area contributed by atoms with E-state index in [2.05, 4.69) is 5.32 Å². The molecule has 0 bridgehead atoms. The summed E-state index contributed by atoms with van der Waals surface area (Å²) in [5, 5.41) is 23.8. The molecule has 0 spiro atoms. The van der Waals surface area contributed by atoms with Crippen LogP contribution < -0.4 is 14.8 Å². The molecule has 8 heteroatoms. The molecule has 33 heavy (non-hydrogen) atoms. The fourth-order valence-corrected chi connectivity index (χ4v) is 3.98. The molecule has 7 nitrogen and oxygen atoms in total. The van der Waals surface area contributed by atoms with Crippen LogP contribution in [0.5, 0.6) is 11.5 Å². The van der Waals surface area contributed by atoms with Crippen molar-refractivity contribution < 1.29 is 33.6 Å². The molecule has 0 aromatic heterocycles. The molecule has 1 aliphatic heterocycles. The van der Waals surface area contributed by atoms with E-state index in [1.807, 2.05) is 13.8 Å². The van der Waals surface area contributed by atoms with Crippen LogP contribution in [-0.2, 0) is 16.0 Å². The number of aliphatic hydroxyl groups excluding tert-OH is 2. The predicted octanol–water partition coefficient (Wildman–Crippen LogP) is 3.05. The summed E-state index contributed by atoms with van der Waals surface area (Å²) in [6.07, 6.45) is -2.95. The van der Waals surface area contributed by atoms with Crippen LogP contribution in [0, 0.1) is 11.7 Å². The van der Waals surface area contributed by atoms with Gasteiger partial charge in [-0.15, -0.1) is 0 Å². The van der Waals surface area contributed by atoms with Gasteiger partial charge in [0, 0.05) is 31.0 Å². The Hall–Kier alpha value is -2.68. The van der Waals surface area contributed by atoms with Crippen molar-refractivity contribution in [2.45, 2.75) is 58.2 Å². The first-order chi connectivity index (χ1) is 15.5. The van der Waals surface area contributed by atoms with Crippen molar-refractivity contribution >= 4 is 5.91 Å². The van der Waals surface area contributed by atoms with Crippen molar-refractivity contribution in [3.8, 4) is 22.6 Å². The maximum Gasteiger partial charge on any atom is 0.229 e. The van der Waals surface area contributed by atoms with Gasteiger partial charge in [-0.1, -0.05) is 19.1 Å². The van der Waals surface area contributed by atoms with Crippen LogP contribution in [0.1, 0.15) is 33.3 Å². The Labute approximate surface area is 193 Å². The number of carbonyl (C=O) groups excluding carboxylic acids is 1. The highest BCUT2D eigenvalue weighted by molar-refractivity contribution is 5.74. The monoisotopic (exact) mass is 461 g/mol. The van der Waals surface area contributed by atoms with Crippen LogP contribution >= 0.6 is 0 Å². The lowest BCUT2D eigenvalue weighted by Crippen LogP contribution is -2.59. The largest absolute Gasteiger partial charge is 0.496 e. The number of halogens is 1. The van der Waals surface area contributed by atoms with Crippen molar-refractivity contribution in [1.82, 2.24) is 5.32 Å². The maximum absolute atomic E-state index is 14.0. The summed E-state index contributed by atoms with van der Waals surface area (Å²) in [6.45, 7) is 7.27. The van der Waals surface area contributed by atoms with E-state index in [9.17, 15) is 19.4 Å². The molecule has 180 valence electrons. The molecule has 1 saturated heterocycles. The smallest absolute Gasteiger partial charge is 0.229 e. The highest BCUT2D eigenvalue weighted by atomic mass is 19.1. The second-order valence-corrected chi connectivity index (χ2v) is 8.87. The first kappa shape index (κ1) is 25.0.